The van der Waals surface area contributed by atoms with Crippen LogP contribution in [0.3, 0.4) is 0 Å². The number of methoxy groups -OCH3 is 1. The summed E-state index contributed by atoms with van der Waals surface area (Å²) in [5.74, 6) is 0.0268. The minimum atomic E-state index is -0.669. The van der Waals surface area contributed by atoms with E-state index in [9.17, 15) is 18.8 Å². The number of piperazine rings is 1. The maximum absolute atomic E-state index is 14.6. The molecule has 0 bridgehead atoms. The Balaban J connectivity index is 1.44. The summed E-state index contributed by atoms with van der Waals surface area (Å²) in [6.45, 7) is 8.25. The number of hydrogen-bond donors (Lipinski definition) is 2. The summed E-state index contributed by atoms with van der Waals surface area (Å²) in [7, 11) is 1.47. The molecule has 1 aliphatic heterocycles. The second-order valence-corrected chi connectivity index (χ2v) is 11.4. The summed E-state index contributed by atoms with van der Waals surface area (Å²) in [5.41, 5.74) is -0.566. The predicted molar refractivity (Wildman–Crippen MR) is 160 cm³/mol. The van der Waals surface area contributed by atoms with Gasteiger partial charge in [-0.3, -0.25) is 9.59 Å². The van der Waals surface area contributed by atoms with Crippen molar-refractivity contribution in [2.24, 2.45) is 0 Å². The van der Waals surface area contributed by atoms with Crippen molar-refractivity contribution < 1.29 is 18.7 Å². The van der Waals surface area contributed by atoms with Crippen LogP contribution >= 0.6 is 11.6 Å². The van der Waals surface area contributed by atoms with E-state index in [4.69, 9.17) is 21.1 Å². The molecule has 1 amide bonds. The Morgan fingerprint density at radius 1 is 1.10 bits per heavy atom. The predicted octanol–water partition coefficient (Wildman–Crippen LogP) is 4.96. The lowest BCUT2D eigenvalue weighted by Gasteiger charge is -2.42. The van der Waals surface area contributed by atoms with Crippen LogP contribution in [0.5, 0.6) is 5.75 Å². The molecule has 1 aromatic heterocycles. The molecule has 0 aliphatic carbocycles. The molecule has 5 rings (SSSR count). The van der Waals surface area contributed by atoms with Gasteiger partial charge in [-0.05, 0) is 45.9 Å². The fourth-order valence-electron chi connectivity index (χ4n) is 4.86. The summed E-state index contributed by atoms with van der Waals surface area (Å²) >= 11 is 5.94. The standard InChI is InChI=1S/C29H30ClFN6O5/c1-15-13-36(28(40)42-29(2,3)4)9-10-37(15)24-23(25(38)26(24)39)34-20-11-16-19(12-21(20)41-5)32-14-33-27(16)35-18-8-6-7-17(30)22(18)31/h6-8,11-12,14-15,34H,9-10,13H2,1-5H3,(H,32,33,35). The molecule has 0 radical (unpaired) electrons. The molecule has 1 atom stereocenters. The topological polar surface area (TPSA) is 126 Å². The first kappa shape index (κ1) is 29.1. The highest BCUT2D eigenvalue weighted by Gasteiger charge is 2.35. The van der Waals surface area contributed by atoms with E-state index in [-0.39, 0.29) is 28.1 Å². The summed E-state index contributed by atoms with van der Waals surface area (Å²) in [6, 6.07) is 7.61. The monoisotopic (exact) mass is 596 g/mol. The number of halogens is 2. The minimum Gasteiger partial charge on any atom is -0.494 e. The number of nitrogens with zero attached hydrogens (tertiary/aromatic N) is 4. The smallest absolute Gasteiger partial charge is 0.410 e. The number of rotatable bonds is 6. The Labute approximate surface area is 245 Å². The Morgan fingerprint density at radius 3 is 2.55 bits per heavy atom. The van der Waals surface area contributed by atoms with Crippen LogP contribution in [0.1, 0.15) is 27.7 Å². The van der Waals surface area contributed by atoms with Gasteiger partial charge in [0.1, 0.15) is 34.9 Å². The van der Waals surface area contributed by atoms with Gasteiger partial charge in [0.15, 0.2) is 5.82 Å². The average molecular weight is 597 g/mol. The van der Waals surface area contributed by atoms with E-state index in [0.29, 0.717) is 47.8 Å². The zero-order valence-electron chi connectivity index (χ0n) is 23.7. The first-order valence-corrected chi connectivity index (χ1v) is 13.6. The molecule has 220 valence electrons. The zero-order chi connectivity index (χ0) is 30.3. The van der Waals surface area contributed by atoms with Crippen LogP contribution in [0.2, 0.25) is 5.02 Å². The maximum Gasteiger partial charge on any atom is 0.410 e. The summed E-state index contributed by atoms with van der Waals surface area (Å²) < 4.78 is 25.6. The lowest BCUT2D eigenvalue weighted by atomic mass is 10.1. The van der Waals surface area contributed by atoms with Gasteiger partial charge in [0.2, 0.25) is 0 Å². The molecule has 2 N–H and O–H groups in total. The second kappa shape index (κ2) is 11.1. The van der Waals surface area contributed by atoms with Crippen LogP contribution in [0, 0.1) is 5.82 Å². The van der Waals surface area contributed by atoms with E-state index in [2.05, 4.69) is 20.6 Å². The van der Waals surface area contributed by atoms with Gasteiger partial charge in [-0.15, -0.1) is 0 Å². The number of carbonyl (C=O) groups excluding carboxylic acids is 1. The van der Waals surface area contributed by atoms with E-state index < -0.39 is 28.4 Å². The first-order valence-electron chi connectivity index (χ1n) is 13.3. The molecule has 13 heteroatoms. The van der Waals surface area contributed by atoms with Gasteiger partial charge in [-0.1, -0.05) is 17.7 Å². The molecule has 1 unspecified atom stereocenters. The van der Waals surface area contributed by atoms with Crippen molar-refractivity contribution in [1.82, 2.24) is 14.9 Å². The number of ether oxygens (including phenoxy) is 2. The van der Waals surface area contributed by atoms with Crippen LogP contribution < -0.4 is 31.1 Å². The summed E-state index contributed by atoms with van der Waals surface area (Å²) in [6.07, 6.45) is 0.898. The highest BCUT2D eigenvalue weighted by atomic mass is 35.5. The van der Waals surface area contributed by atoms with Gasteiger partial charge in [0.05, 0.1) is 29.0 Å². The Hall–Kier alpha value is -4.45. The van der Waals surface area contributed by atoms with E-state index in [1.165, 1.54) is 25.6 Å². The summed E-state index contributed by atoms with van der Waals surface area (Å²) in [4.78, 5) is 50.1. The minimum absolute atomic E-state index is 0.0452. The van der Waals surface area contributed by atoms with E-state index in [1.54, 1.807) is 43.9 Å². The third-order valence-corrected chi connectivity index (χ3v) is 7.16. The highest BCUT2D eigenvalue weighted by molar-refractivity contribution is 6.31. The van der Waals surface area contributed by atoms with Crippen LogP contribution in [0.15, 0.2) is 46.2 Å². The highest BCUT2D eigenvalue weighted by Crippen LogP contribution is 2.37. The van der Waals surface area contributed by atoms with Crippen molar-refractivity contribution in [2.75, 3.05) is 42.3 Å². The number of benzene rings is 2. The van der Waals surface area contributed by atoms with Crippen molar-refractivity contribution in [2.45, 2.75) is 39.3 Å². The molecule has 1 saturated heterocycles. The number of amides is 1. The third kappa shape index (κ3) is 5.54. The zero-order valence-corrected chi connectivity index (χ0v) is 24.5. The normalized spacial score (nSPS) is 15.6. The van der Waals surface area contributed by atoms with Gasteiger partial charge in [0, 0.05) is 37.1 Å². The molecular formula is C29H30ClFN6O5. The molecule has 4 aromatic rings. The average Bonchev–Trinajstić information content (AvgIpc) is 2.94. The van der Waals surface area contributed by atoms with Crippen LogP contribution in [-0.2, 0) is 4.74 Å². The molecular weight excluding hydrogens is 567 g/mol. The van der Waals surface area contributed by atoms with Crippen LogP contribution in [-0.4, -0.2) is 59.3 Å². The summed E-state index contributed by atoms with van der Waals surface area (Å²) in [5, 5.41) is 6.48. The van der Waals surface area contributed by atoms with Gasteiger partial charge in [-0.25, -0.2) is 19.2 Å². The maximum atomic E-state index is 14.6. The Bertz CT molecular complexity index is 1750. The van der Waals surface area contributed by atoms with Crippen molar-refractivity contribution in [3.8, 4) is 5.75 Å². The molecule has 3 aromatic carbocycles. The lowest BCUT2D eigenvalue weighted by molar-refractivity contribution is 0.0218. The first-order chi connectivity index (χ1) is 19.9. The lowest BCUT2D eigenvalue weighted by Crippen LogP contribution is -2.57. The van der Waals surface area contributed by atoms with E-state index >= 15 is 0 Å². The number of nitrogens with one attached hydrogen (secondary N) is 2. The number of anilines is 5. The van der Waals surface area contributed by atoms with Crippen LogP contribution in [0.25, 0.3) is 10.9 Å². The van der Waals surface area contributed by atoms with Crippen molar-refractivity contribution >= 4 is 57.2 Å². The fraction of sp³-hybridized carbons (Fsp3) is 0.345. The van der Waals surface area contributed by atoms with Gasteiger partial charge >= 0.3 is 6.09 Å². The quantitative estimate of drug-likeness (QED) is 0.295. The third-order valence-electron chi connectivity index (χ3n) is 6.87. The number of carbonyl (C=O) groups is 1. The van der Waals surface area contributed by atoms with E-state index in [0.717, 1.165) is 0 Å². The Morgan fingerprint density at radius 2 is 1.86 bits per heavy atom. The van der Waals surface area contributed by atoms with E-state index in [1.807, 2.05) is 11.8 Å². The molecule has 0 saturated carbocycles. The van der Waals surface area contributed by atoms with Gasteiger partial charge in [-0.2, -0.15) is 0 Å². The Kier molecular flexibility index (Phi) is 7.67. The van der Waals surface area contributed by atoms with Gasteiger partial charge < -0.3 is 29.9 Å². The molecule has 1 fully saturated rings. The largest absolute Gasteiger partial charge is 0.494 e. The van der Waals surface area contributed by atoms with Gasteiger partial charge in [0.25, 0.3) is 10.9 Å². The second-order valence-electron chi connectivity index (χ2n) is 11.0. The number of fused-ring (bicyclic) bond motifs is 1. The molecule has 11 nitrogen and oxygen atoms in total. The van der Waals surface area contributed by atoms with Crippen molar-refractivity contribution in [1.29, 1.82) is 0 Å². The van der Waals surface area contributed by atoms with Crippen molar-refractivity contribution in [3.63, 3.8) is 0 Å². The fourth-order valence-corrected chi connectivity index (χ4v) is 5.04. The molecule has 1 aliphatic rings. The number of aromatic nitrogens is 2. The molecule has 42 heavy (non-hydrogen) atoms. The van der Waals surface area contributed by atoms with Crippen LogP contribution in [0.4, 0.5) is 37.8 Å². The molecule has 0 spiro atoms. The molecule has 2 heterocycles. The SMILES string of the molecule is COc1cc2ncnc(Nc3cccc(Cl)c3F)c2cc1Nc1c(N2CCN(C(=O)OC(C)(C)C)CC2C)c(=O)c1=O. The van der Waals surface area contributed by atoms with Crippen molar-refractivity contribution in [3.05, 3.63) is 67.9 Å². The number of hydrogen-bond acceptors (Lipinski definition) is 10.